The molecule has 0 rings (SSSR count). The van der Waals surface area contributed by atoms with Crippen LogP contribution in [0.1, 0.15) is 54.4 Å². The average Bonchev–Trinajstić information content (AvgIpc) is 2.28. The standard InChI is InChI=1S/C17H34N2O2/c1-16(2,3)13(18(7)8)12-19(9)15(21)11-10-14(20)17(4,5)6/h13H,10-12H2,1-9H3. The minimum atomic E-state index is -0.365. The maximum Gasteiger partial charge on any atom is 0.222 e. The van der Waals surface area contributed by atoms with Gasteiger partial charge in [-0.05, 0) is 19.5 Å². The number of carbonyl (C=O) groups excluding carboxylic acids is 2. The van der Waals surface area contributed by atoms with Gasteiger partial charge in [0.15, 0.2) is 0 Å². The predicted molar refractivity (Wildman–Crippen MR) is 88.3 cm³/mol. The Hall–Kier alpha value is -0.900. The van der Waals surface area contributed by atoms with Crippen molar-refractivity contribution in [1.29, 1.82) is 0 Å². The second-order valence-corrected chi connectivity index (χ2v) is 8.29. The highest BCUT2D eigenvalue weighted by Crippen LogP contribution is 2.24. The van der Waals surface area contributed by atoms with E-state index >= 15 is 0 Å². The first-order valence-corrected chi connectivity index (χ1v) is 7.70. The summed E-state index contributed by atoms with van der Waals surface area (Å²) in [6.07, 6.45) is 0.631. The maximum absolute atomic E-state index is 12.2. The summed E-state index contributed by atoms with van der Waals surface area (Å²) in [6, 6.07) is 0.282. The first-order valence-electron chi connectivity index (χ1n) is 7.70. The van der Waals surface area contributed by atoms with E-state index in [0.717, 1.165) is 0 Å². The summed E-state index contributed by atoms with van der Waals surface area (Å²) < 4.78 is 0. The summed E-state index contributed by atoms with van der Waals surface area (Å²) >= 11 is 0. The number of hydrogen-bond acceptors (Lipinski definition) is 3. The van der Waals surface area contributed by atoms with Crippen molar-refractivity contribution in [2.24, 2.45) is 10.8 Å². The molecule has 0 saturated heterocycles. The highest BCUT2D eigenvalue weighted by atomic mass is 16.2. The molecular weight excluding hydrogens is 264 g/mol. The van der Waals surface area contributed by atoms with Crippen LogP contribution in [0.5, 0.6) is 0 Å². The van der Waals surface area contributed by atoms with Gasteiger partial charge >= 0.3 is 0 Å². The van der Waals surface area contributed by atoms with Gasteiger partial charge in [0.1, 0.15) is 5.78 Å². The van der Waals surface area contributed by atoms with Gasteiger partial charge in [-0.1, -0.05) is 41.5 Å². The molecule has 0 saturated carbocycles. The van der Waals surface area contributed by atoms with E-state index in [4.69, 9.17) is 0 Å². The van der Waals surface area contributed by atoms with Crippen LogP contribution in [-0.4, -0.2) is 55.2 Å². The zero-order chi connectivity index (χ0) is 17.0. The van der Waals surface area contributed by atoms with Gasteiger partial charge < -0.3 is 9.80 Å². The zero-order valence-corrected chi connectivity index (χ0v) is 15.4. The molecule has 0 aromatic heterocycles. The van der Waals surface area contributed by atoms with Crippen LogP contribution < -0.4 is 0 Å². The number of amides is 1. The van der Waals surface area contributed by atoms with E-state index < -0.39 is 0 Å². The molecule has 1 amide bonds. The Kier molecular flexibility index (Phi) is 7.07. The smallest absolute Gasteiger partial charge is 0.222 e. The molecule has 4 nitrogen and oxygen atoms in total. The lowest BCUT2D eigenvalue weighted by Gasteiger charge is -2.38. The number of likely N-dealkylation sites (N-methyl/N-ethyl adjacent to an activating group) is 2. The molecule has 0 aromatic rings. The molecule has 21 heavy (non-hydrogen) atoms. The topological polar surface area (TPSA) is 40.6 Å². The number of nitrogens with zero attached hydrogens (tertiary/aromatic N) is 2. The first-order chi connectivity index (χ1) is 9.26. The van der Waals surface area contributed by atoms with Crippen LogP contribution in [-0.2, 0) is 9.59 Å². The summed E-state index contributed by atoms with van der Waals surface area (Å²) in [5.74, 6) is 0.188. The molecule has 124 valence electrons. The first kappa shape index (κ1) is 20.1. The third-order valence-electron chi connectivity index (χ3n) is 3.90. The lowest BCUT2D eigenvalue weighted by atomic mass is 9.85. The van der Waals surface area contributed by atoms with Crippen molar-refractivity contribution in [3.63, 3.8) is 0 Å². The molecule has 0 N–H and O–H groups in total. The molecule has 0 aromatic carbocycles. The minimum absolute atomic E-state index is 0.0451. The van der Waals surface area contributed by atoms with Crippen molar-refractivity contribution in [2.75, 3.05) is 27.7 Å². The van der Waals surface area contributed by atoms with Crippen molar-refractivity contribution < 1.29 is 9.59 Å². The molecule has 0 bridgehead atoms. The van der Waals surface area contributed by atoms with Crippen LogP contribution in [0.2, 0.25) is 0 Å². The lowest BCUT2D eigenvalue weighted by molar-refractivity contribution is -0.134. The Bertz CT molecular complexity index is 362. The molecule has 0 aliphatic carbocycles. The third kappa shape index (κ3) is 7.07. The summed E-state index contributed by atoms with van der Waals surface area (Å²) in [7, 11) is 5.90. The van der Waals surface area contributed by atoms with E-state index in [9.17, 15) is 9.59 Å². The number of ketones is 1. The van der Waals surface area contributed by atoms with Gasteiger partial charge in [-0.3, -0.25) is 9.59 Å². The van der Waals surface area contributed by atoms with Crippen LogP contribution in [0.25, 0.3) is 0 Å². The van der Waals surface area contributed by atoms with Crippen molar-refractivity contribution in [3.8, 4) is 0 Å². The van der Waals surface area contributed by atoms with Crippen molar-refractivity contribution >= 4 is 11.7 Å². The number of rotatable bonds is 6. The molecule has 0 aliphatic rings. The van der Waals surface area contributed by atoms with Crippen LogP contribution in [0, 0.1) is 10.8 Å². The van der Waals surface area contributed by atoms with E-state index in [1.54, 1.807) is 4.90 Å². The van der Waals surface area contributed by atoms with Crippen LogP contribution >= 0.6 is 0 Å². The minimum Gasteiger partial charge on any atom is -0.344 e. The summed E-state index contributed by atoms with van der Waals surface area (Å²) in [6.45, 7) is 12.9. The molecule has 0 aliphatic heterocycles. The molecule has 0 heterocycles. The molecule has 1 unspecified atom stereocenters. The normalized spacial score (nSPS) is 14.2. The van der Waals surface area contributed by atoms with E-state index in [1.807, 2.05) is 41.9 Å². The summed E-state index contributed by atoms with van der Waals surface area (Å²) in [5.41, 5.74) is -0.268. The monoisotopic (exact) mass is 298 g/mol. The quantitative estimate of drug-likeness (QED) is 0.757. The fourth-order valence-electron chi connectivity index (χ4n) is 2.36. The molecule has 1 atom stereocenters. The maximum atomic E-state index is 12.2. The van der Waals surface area contributed by atoms with Gasteiger partial charge in [0.2, 0.25) is 5.91 Å². The fourth-order valence-corrected chi connectivity index (χ4v) is 2.36. The van der Waals surface area contributed by atoms with Gasteiger partial charge in [0, 0.05) is 37.9 Å². The van der Waals surface area contributed by atoms with Crippen molar-refractivity contribution in [3.05, 3.63) is 0 Å². The zero-order valence-electron chi connectivity index (χ0n) is 15.4. The Balaban J connectivity index is 4.55. The second-order valence-electron chi connectivity index (χ2n) is 8.29. The Morgan fingerprint density at radius 2 is 1.38 bits per heavy atom. The third-order valence-corrected chi connectivity index (χ3v) is 3.90. The molecule has 0 spiro atoms. The molecule has 0 radical (unpaired) electrons. The average molecular weight is 298 g/mol. The largest absolute Gasteiger partial charge is 0.344 e. The number of Topliss-reactive ketones (excluding diaryl/α,β-unsaturated/α-hetero) is 1. The highest BCUT2D eigenvalue weighted by molar-refractivity contribution is 5.88. The summed E-state index contributed by atoms with van der Waals surface area (Å²) in [5, 5.41) is 0. The van der Waals surface area contributed by atoms with Crippen LogP contribution in [0.15, 0.2) is 0 Å². The van der Waals surface area contributed by atoms with Gasteiger partial charge in [0.25, 0.3) is 0 Å². The number of carbonyl (C=O) groups is 2. The Morgan fingerprint density at radius 1 is 0.905 bits per heavy atom. The van der Waals surface area contributed by atoms with E-state index in [1.165, 1.54) is 0 Å². The van der Waals surface area contributed by atoms with Gasteiger partial charge in [-0.15, -0.1) is 0 Å². The Morgan fingerprint density at radius 3 is 1.71 bits per heavy atom. The predicted octanol–water partition coefficient (Wildman–Crippen LogP) is 2.82. The highest BCUT2D eigenvalue weighted by Gasteiger charge is 2.29. The molecular formula is C17H34N2O2. The van der Waals surface area contributed by atoms with E-state index in [0.29, 0.717) is 19.4 Å². The van der Waals surface area contributed by atoms with Gasteiger partial charge in [0.05, 0.1) is 0 Å². The van der Waals surface area contributed by atoms with Crippen molar-refractivity contribution in [1.82, 2.24) is 9.80 Å². The molecule has 4 heteroatoms. The van der Waals surface area contributed by atoms with E-state index in [2.05, 4.69) is 25.7 Å². The van der Waals surface area contributed by atoms with E-state index in [-0.39, 0.29) is 28.6 Å². The second kappa shape index (κ2) is 7.39. The SMILES string of the molecule is CN(CC(N(C)C)C(C)(C)C)C(=O)CCC(=O)C(C)(C)C. The lowest BCUT2D eigenvalue weighted by Crippen LogP contribution is -2.48. The molecule has 0 fully saturated rings. The fraction of sp³-hybridized carbons (Fsp3) is 0.882. The number of hydrogen-bond donors (Lipinski definition) is 0. The van der Waals surface area contributed by atoms with Gasteiger partial charge in [-0.25, -0.2) is 0 Å². The van der Waals surface area contributed by atoms with Crippen LogP contribution in [0.3, 0.4) is 0 Å². The van der Waals surface area contributed by atoms with Gasteiger partial charge in [-0.2, -0.15) is 0 Å². The van der Waals surface area contributed by atoms with Crippen LogP contribution in [0.4, 0.5) is 0 Å². The van der Waals surface area contributed by atoms with Crippen molar-refractivity contribution in [2.45, 2.75) is 60.4 Å². The Labute approximate surface area is 130 Å². The summed E-state index contributed by atoms with van der Waals surface area (Å²) in [4.78, 5) is 28.0.